The fourth-order valence-corrected chi connectivity index (χ4v) is 5.42. The van der Waals surface area contributed by atoms with Gasteiger partial charge >= 0.3 is 12.0 Å². The van der Waals surface area contributed by atoms with Crippen molar-refractivity contribution in [1.29, 1.82) is 0 Å². The van der Waals surface area contributed by atoms with Gasteiger partial charge in [0.05, 0.1) is 7.11 Å². The van der Waals surface area contributed by atoms with Gasteiger partial charge in [-0.05, 0) is 66.6 Å². The van der Waals surface area contributed by atoms with Crippen molar-refractivity contribution in [2.24, 2.45) is 5.92 Å². The third-order valence-corrected chi connectivity index (χ3v) is 7.71. The van der Waals surface area contributed by atoms with Crippen LogP contribution >= 0.6 is 0 Å². The van der Waals surface area contributed by atoms with E-state index in [9.17, 15) is 9.59 Å². The number of methoxy groups -OCH3 is 1. The fourth-order valence-electron chi connectivity index (χ4n) is 5.42. The molecule has 0 aliphatic carbocycles. The number of urea groups is 1. The number of para-hydroxylation sites is 1. The lowest BCUT2D eigenvalue weighted by Gasteiger charge is -2.22. The highest BCUT2D eigenvalue weighted by molar-refractivity contribution is 5.96. The third kappa shape index (κ3) is 6.74. The van der Waals surface area contributed by atoms with Gasteiger partial charge in [0.1, 0.15) is 17.4 Å². The van der Waals surface area contributed by atoms with Gasteiger partial charge in [-0.15, -0.1) is 0 Å². The molecule has 7 heteroatoms. The highest BCUT2D eigenvalue weighted by atomic mass is 16.5. The molecule has 0 spiro atoms. The smallest absolute Gasteiger partial charge is 0.341 e. The molecule has 2 N–H and O–H groups in total. The monoisotopic (exact) mass is 563 g/mol. The van der Waals surface area contributed by atoms with Crippen LogP contribution in [0.2, 0.25) is 0 Å². The number of hydrogen-bond acceptors (Lipinski definition) is 5. The number of esters is 1. The molecule has 1 aliphatic heterocycles. The predicted octanol–water partition coefficient (Wildman–Crippen LogP) is 7.22. The van der Waals surface area contributed by atoms with Crippen LogP contribution in [0.25, 0.3) is 0 Å². The zero-order chi connectivity index (χ0) is 29.5. The SMILES string of the molecule is COC(=O)c1cc(NC(=O)N2CCC(CNc3c(C)cccc3C)C2)ccc1OC(c1ccccc1)c1ccccc1. The molecule has 1 aliphatic rings. The summed E-state index contributed by atoms with van der Waals surface area (Å²) < 4.78 is 11.5. The quantitative estimate of drug-likeness (QED) is 0.210. The zero-order valence-electron chi connectivity index (χ0n) is 24.3. The largest absolute Gasteiger partial charge is 0.480 e. The van der Waals surface area contributed by atoms with Gasteiger partial charge in [-0.2, -0.15) is 0 Å². The average molecular weight is 564 g/mol. The van der Waals surface area contributed by atoms with Crippen molar-refractivity contribution in [3.05, 3.63) is 125 Å². The first-order valence-corrected chi connectivity index (χ1v) is 14.3. The molecule has 216 valence electrons. The van der Waals surface area contributed by atoms with Gasteiger partial charge < -0.3 is 25.0 Å². The summed E-state index contributed by atoms with van der Waals surface area (Å²) in [5, 5.41) is 6.54. The molecule has 0 bridgehead atoms. The third-order valence-electron chi connectivity index (χ3n) is 7.71. The van der Waals surface area contributed by atoms with Crippen LogP contribution in [-0.2, 0) is 4.74 Å². The van der Waals surface area contributed by atoms with E-state index in [1.165, 1.54) is 23.9 Å². The van der Waals surface area contributed by atoms with Gasteiger partial charge in [0, 0.05) is 31.0 Å². The Morgan fingerprint density at radius 1 is 0.881 bits per heavy atom. The lowest BCUT2D eigenvalue weighted by atomic mass is 10.0. The van der Waals surface area contributed by atoms with Crippen LogP contribution in [0.3, 0.4) is 0 Å². The standard InChI is InChI=1S/C35H37N3O4/c1-24-11-10-12-25(2)32(24)36-22-26-19-20-38(23-26)35(40)37-29-17-18-31(30(21-29)34(39)41-3)42-33(27-13-6-4-7-14-27)28-15-8-5-9-16-28/h4-18,21,26,33,36H,19-20,22-23H2,1-3H3,(H,37,40). The van der Waals surface area contributed by atoms with Crippen LogP contribution in [0.15, 0.2) is 97.1 Å². The maximum absolute atomic E-state index is 13.2. The molecule has 0 aromatic heterocycles. The average Bonchev–Trinajstić information content (AvgIpc) is 3.50. The summed E-state index contributed by atoms with van der Waals surface area (Å²) in [7, 11) is 1.33. The van der Waals surface area contributed by atoms with Gasteiger partial charge in [0.25, 0.3) is 0 Å². The van der Waals surface area contributed by atoms with Gasteiger partial charge in [0.15, 0.2) is 0 Å². The highest BCUT2D eigenvalue weighted by Gasteiger charge is 2.27. The van der Waals surface area contributed by atoms with E-state index in [1.807, 2.05) is 65.6 Å². The number of carbonyl (C=O) groups is 2. The Morgan fingerprint density at radius 2 is 1.52 bits per heavy atom. The van der Waals surface area contributed by atoms with Crippen LogP contribution < -0.4 is 15.4 Å². The Morgan fingerprint density at radius 3 is 2.14 bits per heavy atom. The molecule has 2 amide bonds. The Kier molecular flexibility index (Phi) is 9.07. The number of nitrogens with zero attached hydrogens (tertiary/aromatic N) is 1. The van der Waals surface area contributed by atoms with Crippen LogP contribution in [0.5, 0.6) is 5.75 Å². The molecule has 5 rings (SSSR count). The second-order valence-electron chi connectivity index (χ2n) is 10.7. The van der Waals surface area contributed by atoms with E-state index in [0.717, 1.165) is 24.1 Å². The van der Waals surface area contributed by atoms with Crippen molar-refractivity contribution in [2.75, 3.05) is 37.4 Å². The number of nitrogens with one attached hydrogen (secondary N) is 2. The first kappa shape index (κ1) is 28.7. The second-order valence-corrected chi connectivity index (χ2v) is 10.7. The van der Waals surface area contributed by atoms with Gasteiger partial charge in [-0.25, -0.2) is 9.59 Å². The van der Waals surface area contributed by atoms with E-state index in [1.54, 1.807) is 18.2 Å². The van der Waals surface area contributed by atoms with Crippen LogP contribution in [0.4, 0.5) is 16.2 Å². The molecule has 1 fully saturated rings. The van der Waals surface area contributed by atoms with Crippen LogP contribution in [0.1, 0.15) is 45.1 Å². The molecule has 1 saturated heterocycles. The van der Waals surface area contributed by atoms with Gasteiger partial charge in [0.2, 0.25) is 0 Å². The molecular weight excluding hydrogens is 526 g/mol. The number of aryl methyl sites for hydroxylation is 2. The zero-order valence-corrected chi connectivity index (χ0v) is 24.3. The van der Waals surface area contributed by atoms with E-state index < -0.39 is 12.1 Å². The summed E-state index contributed by atoms with van der Waals surface area (Å²) in [6.07, 6.45) is 0.487. The van der Waals surface area contributed by atoms with Crippen molar-refractivity contribution in [1.82, 2.24) is 4.90 Å². The van der Waals surface area contributed by atoms with Crippen LogP contribution in [0, 0.1) is 19.8 Å². The maximum Gasteiger partial charge on any atom is 0.341 e. The normalized spacial score (nSPS) is 14.5. The van der Waals surface area contributed by atoms with Crippen molar-refractivity contribution in [3.63, 3.8) is 0 Å². The van der Waals surface area contributed by atoms with Crippen molar-refractivity contribution >= 4 is 23.4 Å². The van der Waals surface area contributed by atoms with Crippen molar-refractivity contribution in [2.45, 2.75) is 26.4 Å². The maximum atomic E-state index is 13.2. The molecule has 1 heterocycles. The number of benzene rings is 4. The van der Waals surface area contributed by atoms with E-state index in [-0.39, 0.29) is 11.6 Å². The Labute approximate surface area is 247 Å². The molecule has 0 saturated carbocycles. The molecule has 7 nitrogen and oxygen atoms in total. The second kappa shape index (κ2) is 13.3. The van der Waals surface area contributed by atoms with Crippen LogP contribution in [-0.4, -0.2) is 43.6 Å². The number of likely N-dealkylation sites (tertiary alicyclic amines) is 1. The Hall–Kier alpha value is -4.78. The van der Waals surface area contributed by atoms with E-state index in [2.05, 4.69) is 42.7 Å². The summed E-state index contributed by atoms with van der Waals surface area (Å²) in [6, 6.07) is 30.8. The van der Waals surface area contributed by atoms with Crippen molar-refractivity contribution < 1.29 is 19.1 Å². The number of amides is 2. The topological polar surface area (TPSA) is 79.9 Å². The molecule has 42 heavy (non-hydrogen) atoms. The minimum atomic E-state index is -0.542. The molecule has 1 unspecified atom stereocenters. The van der Waals surface area contributed by atoms with Gasteiger partial charge in [-0.3, -0.25) is 0 Å². The minimum Gasteiger partial charge on any atom is -0.480 e. The highest BCUT2D eigenvalue weighted by Crippen LogP contribution is 2.33. The molecular formula is C35H37N3O4. The number of rotatable bonds is 9. The first-order chi connectivity index (χ1) is 20.4. The number of hydrogen-bond donors (Lipinski definition) is 2. The summed E-state index contributed by atoms with van der Waals surface area (Å²) in [4.78, 5) is 27.8. The number of anilines is 2. The molecule has 4 aromatic rings. The predicted molar refractivity (Wildman–Crippen MR) is 166 cm³/mol. The molecule has 1 atom stereocenters. The lowest BCUT2D eigenvalue weighted by molar-refractivity contribution is 0.0594. The van der Waals surface area contributed by atoms with Crippen molar-refractivity contribution in [3.8, 4) is 5.75 Å². The fraction of sp³-hybridized carbons (Fsp3) is 0.257. The van der Waals surface area contributed by atoms with E-state index >= 15 is 0 Å². The number of ether oxygens (including phenoxy) is 2. The Balaban J connectivity index is 1.28. The summed E-state index contributed by atoms with van der Waals surface area (Å²) >= 11 is 0. The molecule has 4 aromatic carbocycles. The molecule has 0 radical (unpaired) electrons. The summed E-state index contributed by atoms with van der Waals surface area (Å²) in [6.45, 7) is 6.34. The summed E-state index contributed by atoms with van der Waals surface area (Å²) in [5.41, 5.74) is 6.25. The van der Waals surface area contributed by atoms with Gasteiger partial charge in [-0.1, -0.05) is 78.9 Å². The number of carbonyl (C=O) groups excluding carboxylic acids is 2. The Bertz CT molecular complexity index is 1460. The first-order valence-electron chi connectivity index (χ1n) is 14.3. The van der Waals surface area contributed by atoms with E-state index in [0.29, 0.717) is 30.4 Å². The summed E-state index contributed by atoms with van der Waals surface area (Å²) in [5.74, 6) is 0.181. The minimum absolute atomic E-state index is 0.194. The lowest BCUT2D eigenvalue weighted by Crippen LogP contribution is -2.33. The van der Waals surface area contributed by atoms with E-state index in [4.69, 9.17) is 9.47 Å².